The molecule has 0 bridgehead atoms. The highest BCUT2D eigenvalue weighted by atomic mass is 16.2. The molecule has 1 heterocycles. The molecule has 7 heteroatoms. The number of amides is 2. The van der Waals surface area contributed by atoms with Crippen molar-refractivity contribution in [3.8, 4) is 6.07 Å². The largest absolute Gasteiger partial charge is 0.335 e. The fourth-order valence-corrected chi connectivity index (χ4v) is 2.76. The second-order valence-corrected chi connectivity index (χ2v) is 6.25. The van der Waals surface area contributed by atoms with Crippen molar-refractivity contribution in [1.82, 2.24) is 10.3 Å². The summed E-state index contributed by atoms with van der Waals surface area (Å²) in [6, 6.07) is 17.5. The summed E-state index contributed by atoms with van der Waals surface area (Å²) in [5.74, 6) is -0.468. The van der Waals surface area contributed by atoms with E-state index in [1.54, 1.807) is 44.3 Å². The maximum atomic E-state index is 12.8. The van der Waals surface area contributed by atoms with Crippen LogP contribution in [-0.4, -0.2) is 35.6 Å². The van der Waals surface area contributed by atoms with Crippen molar-refractivity contribution in [2.45, 2.75) is 19.5 Å². The number of anilines is 1. The second kappa shape index (κ2) is 7.70. The Morgan fingerprint density at radius 1 is 1.26 bits per heavy atom. The summed E-state index contributed by atoms with van der Waals surface area (Å²) < 4.78 is 0. The Bertz CT molecular complexity index is 933. The molecule has 1 aliphatic rings. The third-order valence-corrected chi connectivity index (χ3v) is 4.16. The molecule has 7 nitrogen and oxygen atoms in total. The predicted octanol–water partition coefficient (Wildman–Crippen LogP) is 1.86. The Balaban J connectivity index is 1.78. The van der Waals surface area contributed by atoms with Crippen molar-refractivity contribution in [2.75, 3.05) is 12.1 Å². The molecule has 1 N–H and O–H groups in total. The van der Waals surface area contributed by atoms with Crippen LogP contribution in [0.1, 0.15) is 18.1 Å². The summed E-state index contributed by atoms with van der Waals surface area (Å²) in [6.07, 6.45) is 0. The molecule has 0 saturated carbocycles. The van der Waals surface area contributed by atoms with Gasteiger partial charge in [0.15, 0.2) is 0 Å². The van der Waals surface area contributed by atoms with Crippen molar-refractivity contribution in [1.29, 1.82) is 5.26 Å². The Kier molecular flexibility index (Phi) is 5.18. The zero-order chi connectivity index (χ0) is 19.4. The van der Waals surface area contributed by atoms with Crippen LogP contribution in [0.5, 0.6) is 0 Å². The Labute approximate surface area is 157 Å². The number of nitriles is 1. The fourth-order valence-electron chi connectivity index (χ4n) is 2.76. The number of nitrogens with one attached hydrogen (secondary N) is 1. The van der Waals surface area contributed by atoms with Crippen molar-refractivity contribution >= 4 is 23.3 Å². The lowest BCUT2D eigenvalue weighted by molar-refractivity contribution is -0.124. The van der Waals surface area contributed by atoms with Gasteiger partial charge in [0.2, 0.25) is 5.84 Å². The summed E-state index contributed by atoms with van der Waals surface area (Å²) in [7, 11) is 1.65. The van der Waals surface area contributed by atoms with E-state index >= 15 is 0 Å². The first kappa shape index (κ1) is 18.1. The minimum atomic E-state index is -0.666. The van der Waals surface area contributed by atoms with Crippen molar-refractivity contribution in [3.05, 3.63) is 65.7 Å². The molecule has 1 aliphatic heterocycles. The van der Waals surface area contributed by atoms with E-state index in [9.17, 15) is 9.59 Å². The number of hydrogen-bond donors (Lipinski definition) is 1. The summed E-state index contributed by atoms with van der Waals surface area (Å²) in [4.78, 5) is 30.9. The van der Waals surface area contributed by atoms with Gasteiger partial charge in [0.05, 0.1) is 17.3 Å². The Morgan fingerprint density at radius 3 is 2.70 bits per heavy atom. The van der Waals surface area contributed by atoms with Gasteiger partial charge in [-0.2, -0.15) is 5.26 Å². The zero-order valence-electron chi connectivity index (χ0n) is 15.1. The van der Waals surface area contributed by atoms with Crippen LogP contribution in [0.4, 0.5) is 5.69 Å². The zero-order valence-corrected chi connectivity index (χ0v) is 15.1. The number of amidine groups is 1. The van der Waals surface area contributed by atoms with Gasteiger partial charge in [-0.15, -0.1) is 0 Å². The van der Waals surface area contributed by atoms with E-state index in [1.807, 2.05) is 24.3 Å². The smallest absolute Gasteiger partial charge is 0.290 e. The number of para-hydroxylation sites is 1. The first-order valence-corrected chi connectivity index (χ1v) is 8.47. The average molecular weight is 361 g/mol. The molecular weight excluding hydrogens is 342 g/mol. The molecule has 3 rings (SSSR count). The standard InChI is InChI=1S/C20H19N5O2/c1-14-19(26)25(17-9-4-3-5-10-17)23-18(22-14)20(27)24(2)13-16-8-6-7-15(11-16)12-21/h3-11,14H,13H2,1-2H3,(H,22,23). The quantitative estimate of drug-likeness (QED) is 0.900. The van der Waals surface area contributed by atoms with Gasteiger partial charge >= 0.3 is 0 Å². The van der Waals surface area contributed by atoms with Gasteiger partial charge < -0.3 is 4.90 Å². The van der Waals surface area contributed by atoms with Gasteiger partial charge in [-0.05, 0) is 36.8 Å². The summed E-state index contributed by atoms with van der Waals surface area (Å²) in [5.41, 5.74) is 4.84. The monoisotopic (exact) mass is 361 g/mol. The molecule has 27 heavy (non-hydrogen) atoms. The predicted molar refractivity (Wildman–Crippen MR) is 102 cm³/mol. The molecule has 2 aromatic carbocycles. The topological polar surface area (TPSA) is 88.8 Å². The van der Waals surface area contributed by atoms with Gasteiger partial charge in [0.25, 0.3) is 11.8 Å². The molecule has 2 aromatic rings. The van der Waals surface area contributed by atoms with Crippen LogP contribution < -0.4 is 10.4 Å². The molecule has 0 fully saturated rings. The first-order chi connectivity index (χ1) is 13.0. The van der Waals surface area contributed by atoms with Crippen LogP contribution in [0.2, 0.25) is 0 Å². The van der Waals surface area contributed by atoms with Crippen LogP contribution in [0.25, 0.3) is 0 Å². The third kappa shape index (κ3) is 3.96. The van der Waals surface area contributed by atoms with E-state index in [-0.39, 0.29) is 17.6 Å². The SMILES string of the molecule is CC1N=C(C(=O)N(C)Cc2cccc(C#N)c2)NN(c2ccccc2)C1=O. The van der Waals surface area contributed by atoms with E-state index in [4.69, 9.17) is 5.26 Å². The van der Waals surface area contributed by atoms with Crippen LogP contribution >= 0.6 is 0 Å². The second-order valence-electron chi connectivity index (χ2n) is 6.25. The Hall–Kier alpha value is -3.66. The lowest BCUT2D eigenvalue weighted by atomic mass is 10.1. The van der Waals surface area contributed by atoms with E-state index < -0.39 is 6.04 Å². The first-order valence-electron chi connectivity index (χ1n) is 8.47. The fraction of sp³-hybridized carbons (Fsp3) is 0.200. The minimum Gasteiger partial charge on any atom is -0.335 e. The van der Waals surface area contributed by atoms with Gasteiger partial charge in [0, 0.05) is 13.6 Å². The number of benzene rings is 2. The number of aliphatic imine (C=N–C) groups is 1. The highest BCUT2D eigenvalue weighted by Gasteiger charge is 2.31. The summed E-state index contributed by atoms with van der Waals surface area (Å²) >= 11 is 0. The van der Waals surface area contributed by atoms with Crippen LogP contribution in [0.15, 0.2) is 59.6 Å². The van der Waals surface area contributed by atoms with Gasteiger partial charge in [-0.3, -0.25) is 15.0 Å². The Morgan fingerprint density at radius 2 is 2.00 bits per heavy atom. The lowest BCUT2D eigenvalue weighted by Crippen LogP contribution is -2.58. The highest BCUT2D eigenvalue weighted by molar-refractivity contribution is 6.39. The van der Waals surface area contributed by atoms with E-state index in [0.29, 0.717) is 17.8 Å². The van der Waals surface area contributed by atoms with Gasteiger partial charge in [-0.25, -0.2) is 10.0 Å². The molecule has 0 spiro atoms. The lowest BCUT2D eigenvalue weighted by Gasteiger charge is -2.31. The number of carbonyl (C=O) groups is 2. The molecule has 1 unspecified atom stereocenters. The van der Waals surface area contributed by atoms with Crippen molar-refractivity contribution < 1.29 is 9.59 Å². The maximum absolute atomic E-state index is 12.8. The molecule has 0 aliphatic carbocycles. The van der Waals surface area contributed by atoms with Crippen molar-refractivity contribution in [2.24, 2.45) is 4.99 Å². The van der Waals surface area contributed by atoms with Crippen LogP contribution in [-0.2, 0) is 16.1 Å². The van der Waals surface area contributed by atoms with E-state index in [2.05, 4.69) is 16.5 Å². The molecule has 0 radical (unpaired) electrons. The maximum Gasteiger partial charge on any atom is 0.290 e. The number of likely N-dealkylation sites (N-methyl/N-ethyl adjacent to an activating group) is 1. The van der Waals surface area contributed by atoms with E-state index in [1.165, 1.54) is 9.91 Å². The highest BCUT2D eigenvalue weighted by Crippen LogP contribution is 2.16. The molecule has 2 amide bonds. The minimum absolute atomic E-state index is 0.102. The number of hydrazine groups is 1. The van der Waals surface area contributed by atoms with E-state index in [0.717, 1.165) is 5.56 Å². The number of nitrogens with zero attached hydrogens (tertiary/aromatic N) is 4. The van der Waals surface area contributed by atoms with Crippen LogP contribution in [0.3, 0.4) is 0 Å². The number of hydrogen-bond acceptors (Lipinski definition) is 5. The average Bonchev–Trinajstić information content (AvgIpc) is 2.70. The van der Waals surface area contributed by atoms with Gasteiger partial charge in [-0.1, -0.05) is 30.3 Å². The van der Waals surface area contributed by atoms with Gasteiger partial charge in [0.1, 0.15) is 6.04 Å². The molecular formula is C20H19N5O2. The molecule has 1 atom stereocenters. The number of carbonyl (C=O) groups excluding carboxylic acids is 2. The molecule has 0 saturated heterocycles. The van der Waals surface area contributed by atoms with Crippen molar-refractivity contribution in [3.63, 3.8) is 0 Å². The molecule has 0 aromatic heterocycles. The van der Waals surface area contributed by atoms with Crippen LogP contribution in [0, 0.1) is 11.3 Å². The summed E-state index contributed by atoms with van der Waals surface area (Å²) in [5, 5.41) is 10.3. The molecule has 136 valence electrons. The third-order valence-electron chi connectivity index (χ3n) is 4.16. The normalized spacial score (nSPS) is 16.2. The number of rotatable bonds is 4. The summed E-state index contributed by atoms with van der Waals surface area (Å²) in [6.45, 7) is 1.98.